The molecule has 1 fully saturated rings. The first kappa shape index (κ1) is 14.4. The van der Waals surface area contributed by atoms with Crippen LogP contribution in [0.1, 0.15) is 6.42 Å². The van der Waals surface area contributed by atoms with Gasteiger partial charge >= 0.3 is 0 Å². The summed E-state index contributed by atoms with van der Waals surface area (Å²) in [6.45, 7) is 0.493. The van der Waals surface area contributed by atoms with Crippen LogP contribution in [0.3, 0.4) is 0 Å². The topological polar surface area (TPSA) is 66.5 Å². The van der Waals surface area contributed by atoms with Crippen molar-refractivity contribution in [1.29, 1.82) is 0 Å². The number of rotatable bonds is 2. The summed E-state index contributed by atoms with van der Waals surface area (Å²) in [4.78, 5) is 11.4. The smallest absolute Gasteiger partial charge is 0.244 e. The lowest BCUT2D eigenvalue weighted by Gasteiger charge is -2.19. The number of amides is 1. The Kier molecular flexibility index (Phi) is 4.22. The van der Waals surface area contributed by atoms with E-state index in [2.05, 4.69) is 21.2 Å². The van der Waals surface area contributed by atoms with Crippen molar-refractivity contribution < 1.29 is 17.6 Å². The maximum atomic E-state index is 13.0. The third kappa shape index (κ3) is 3.13. The molecular formula is C11H12BrFN2O3S. The minimum Gasteiger partial charge on any atom is -0.355 e. The van der Waals surface area contributed by atoms with E-state index in [0.29, 0.717) is 13.0 Å². The molecule has 2 rings (SSSR count). The summed E-state index contributed by atoms with van der Waals surface area (Å²) < 4.78 is 39.1. The van der Waals surface area contributed by atoms with Crippen LogP contribution in [0.5, 0.6) is 0 Å². The maximum absolute atomic E-state index is 13.0. The predicted molar refractivity (Wildman–Crippen MR) is 70.5 cm³/mol. The highest BCUT2D eigenvalue weighted by Crippen LogP contribution is 2.26. The van der Waals surface area contributed by atoms with Crippen LogP contribution in [0.2, 0.25) is 0 Å². The zero-order valence-corrected chi connectivity index (χ0v) is 12.3. The van der Waals surface area contributed by atoms with Crippen LogP contribution < -0.4 is 5.32 Å². The molecule has 0 spiro atoms. The average molecular weight is 351 g/mol. The second kappa shape index (κ2) is 5.56. The maximum Gasteiger partial charge on any atom is 0.244 e. The van der Waals surface area contributed by atoms with Crippen LogP contribution in [-0.2, 0) is 14.8 Å². The summed E-state index contributed by atoms with van der Waals surface area (Å²) >= 11 is 3.04. The van der Waals surface area contributed by atoms with Gasteiger partial charge in [0.1, 0.15) is 5.82 Å². The predicted octanol–water partition coefficient (Wildman–Crippen LogP) is 1.10. The van der Waals surface area contributed by atoms with Gasteiger partial charge in [-0.2, -0.15) is 4.31 Å². The van der Waals surface area contributed by atoms with Crippen LogP contribution in [0.15, 0.2) is 27.6 Å². The lowest BCUT2D eigenvalue weighted by atomic mass is 10.3. The Labute approximate surface area is 119 Å². The first-order valence-corrected chi connectivity index (χ1v) is 7.86. The van der Waals surface area contributed by atoms with Gasteiger partial charge in [-0.1, -0.05) is 0 Å². The Bertz CT molecular complexity index is 606. The lowest BCUT2D eigenvalue weighted by molar-refractivity contribution is -0.120. The molecule has 1 aromatic carbocycles. The van der Waals surface area contributed by atoms with Gasteiger partial charge in [0.15, 0.2) is 0 Å². The third-order valence-electron chi connectivity index (χ3n) is 2.74. The number of halogens is 2. The van der Waals surface area contributed by atoms with E-state index >= 15 is 0 Å². The Hall–Kier alpha value is -0.990. The molecule has 0 atom stereocenters. The molecule has 1 aliphatic rings. The van der Waals surface area contributed by atoms with Gasteiger partial charge in [-0.3, -0.25) is 4.79 Å². The summed E-state index contributed by atoms with van der Waals surface area (Å²) in [7, 11) is -3.81. The highest BCUT2D eigenvalue weighted by atomic mass is 79.9. The van der Waals surface area contributed by atoms with Crippen molar-refractivity contribution >= 4 is 31.9 Å². The quantitative estimate of drug-likeness (QED) is 0.868. The largest absolute Gasteiger partial charge is 0.355 e. The molecule has 1 saturated heterocycles. The molecule has 0 radical (unpaired) electrons. The van der Waals surface area contributed by atoms with E-state index < -0.39 is 15.8 Å². The van der Waals surface area contributed by atoms with Crippen molar-refractivity contribution in [1.82, 2.24) is 9.62 Å². The Morgan fingerprint density at radius 3 is 2.79 bits per heavy atom. The number of nitrogens with zero attached hydrogens (tertiary/aromatic N) is 1. The second-order valence-electron chi connectivity index (χ2n) is 4.12. The van der Waals surface area contributed by atoms with E-state index in [0.717, 1.165) is 16.4 Å². The van der Waals surface area contributed by atoms with Crippen molar-refractivity contribution in [3.8, 4) is 0 Å². The third-order valence-corrected chi connectivity index (χ3v) is 5.56. The minimum atomic E-state index is -3.81. The SMILES string of the molecule is O=C1CN(S(=O)(=O)c2ccc(F)cc2Br)CCCN1. The van der Waals surface area contributed by atoms with Crippen LogP contribution >= 0.6 is 15.9 Å². The van der Waals surface area contributed by atoms with Gasteiger partial charge in [-0.05, 0) is 40.5 Å². The fourth-order valence-corrected chi connectivity index (χ4v) is 4.25. The molecule has 1 N–H and O–H groups in total. The molecule has 0 aromatic heterocycles. The number of hydrogen-bond acceptors (Lipinski definition) is 3. The normalized spacial score (nSPS) is 17.9. The molecule has 8 heteroatoms. The van der Waals surface area contributed by atoms with Crippen molar-refractivity contribution in [2.24, 2.45) is 0 Å². The van der Waals surface area contributed by atoms with E-state index in [1.54, 1.807) is 0 Å². The summed E-state index contributed by atoms with van der Waals surface area (Å²) in [6.07, 6.45) is 0.545. The lowest BCUT2D eigenvalue weighted by Crippen LogP contribution is -2.37. The van der Waals surface area contributed by atoms with E-state index in [1.807, 2.05) is 0 Å². The number of benzene rings is 1. The van der Waals surface area contributed by atoms with Crippen LogP contribution in [0, 0.1) is 5.82 Å². The monoisotopic (exact) mass is 350 g/mol. The molecule has 19 heavy (non-hydrogen) atoms. The zero-order chi connectivity index (χ0) is 14.0. The average Bonchev–Trinajstić information content (AvgIpc) is 2.53. The Morgan fingerprint density at radius 2 is 2.11 bits per heavy atom. The van der Waals surface area contributed by atoms with Crippen LogP contribution in [0.25, 0.3) is 0 Å². The highest BCUT2D eigenvalue weighted by Gasteiger charge is 2.29. The summed E-state index contributed by atoms with van der Waals surface area (Å²) in [5.74, 6) is -0.862. The van der Waals surface area contributed by atoms with Gasteiger partial charge in [0.25, 0.3) is 0 Å². The Balaban J connectivity index is 2.38. The molecule has 0 saturated carbocycles. The van der Waals surface area contributed by atoms with Crippen LogP contribution in [-0.4, -0.2) is 38.3 Å². The van der Waals surface area contributed by atoms with Gasteiger partial charge in [0, 0.05) is 17.6 Å². The number of sulfonamides is 1. The Morgan fingerprint density at radius 1 is 1.37 bits per heavy atom. The molecule has 1 heterocycles. The fraction of sp³-hybridized carbons (Fsp3) is 0.364. The van der Waals surface area contributed by atoms with Gasteiger partial charge in [-0.15, -0.1) is 0 Å². The number of carbonyl (C=O) groups is 1. The van der Waals surface area contributed by atoms with Crippen molar-refractivity contribution in [3.63, 3.8) is 0 Å². The molecular weight excluding hydrogens is 339 g/mol. The van der Waals surface area contributed by atoms with Crippen molar-refractivity contribution in [2.45, 2.75) is 11.3 Å². The summed E-state index contributed by atoms with van der Waals surface area (Å²) in [5, 5.41) is 2.61. The molecule has 0 aliphatic carbocycles. The molecule has 1 aliphatic heterocycles. The van der Waals surface area contributed by atoms with Gasteiger partial charge < -0.3 is 5.32 Å². The first-order valence-electron chi connectivity index (χ1n) is 5.63. The minimum absolute atomic E-state index is 0.0383. The first-order chi connectivity index (χ1) is 8.91. The summed E-state index contributed by atoms with van der Waals surface area (Å²) in [6, 6.07) is 3.36. The van der Waals surface area contributed by atoms with E-state index in [9.17, 15) is 17.6 Å². The van der Waals surface area contributed by atoms with Crippen molar-refractivity contribution in [3.05, 3.63) is 28.5 Å². The molecule has 0 unspecified atom stereocenters. The summed E-state index contributed by atoms with van der Waals surface area (Å²) in [5.41, 5.74) is 0. The zero-order valence-electron chi connectivity index (χ0n) is 9.90. The van der Waals surface area contributed by atoms with Gasteiger partial charge in [0.2, 0.25) is 15.9 Å². The molecule has 0 bridgehead atoms. The van der Waals surface area contributed by atoms with Crippen molar-refractivity contribution in [2.75, 3.05) is 19.6 Å². The molecule has 5 nitrogen and oxygen atoms in total. The molecule has 104 valence electrons. The fourth-order valence-electron chi connectivity index (χ4n) is 1.81. The highest BCUT2D eigenvalue weighted by molar-refractivity contribution is 9.10. The molecule has 1 amide bonds. The second-order valence-corrected chi connectivity index (χ2v) is 6.88. The van der Waals surface area contributed by atoms with Gasteiger partial charge in [0.05, 0.1) is 11.4 Å². The number of hydrogen-bond donors (Lipinski definition) is 1. The number of nitrogens with one attached hydrogen (secondary N) is 1. The number of carbonyl (C=O) groups excluding carboxylic acids is 1. The van der Waals surface area contributed by atoms with E-state index in [4.69, 9.17) is 0 Å². The molecule has 1 aromatic rings. The van der Waals surface area contributed by atoms with Crippen LogP contribution in [0.4, 0.5) is 4.39 Å². The van der Waals surface area contributed by atoms with E-state index in [1.165, 1.54) is 6.07 Å². The van der Waals surface area contributed by atoms with Gasteiger partial charge in [-0.25, -0.2) is 12.8 Å². The van der Waals surface area contributed by atoms with E-state index in [-0.39, 0.29) is 28.4 Å². The standard InChI is InChI=1S/C11H12BrFN2O3S/c12-9-6-8(13)2-3-10(9)19(17,18)15-5-1-4-14-11(16)7-15/h2-3,6H,1,4-5,7H2,(H,14,16).